The molecule has 26 heavy (non-hydrogen) atoms. The van der Waals surface area contributed by atoms with Gasteiger partial charge < -0.3 is 10.1 Å². The average molecular weight is 380 g/mol. The number of amides is 1. The van der Waals surface area contributed by atoms with E-state index in [-0.39, 0.29) is 18.7 Å². The minimum atomic E-state index is -4.01. The molecule has 8 heteroatoms. The summed E-state index contributed by atoms with van der Waals surface area (Å²) < 4.78 is 45.4. The molecule has 2 aromatic rings. The number of ether oxygens (including phenoxy) is 1. The molecule has 0 saturated heterocycles. The van der Waals surface area contributed by atoms with Gasteiger partial charge in [0.25, 0.3) is 5.91 Å². The van der Waals surface area contributed by atoms with E-state index in [0.29, 0.717) is 11.4 Å². The molecule has 1 N–H and O–H groups in total. The monoisotopic (exact) mass is 380 g/mol. The Morgan fingerprint density at radius 1 is 1.12 bits per heavy atom. The predicted octanol–water partition coefficient (Wildman–Crippen LogP) is 3.12. The quantitative estimate of drug-likeness (QED) is 0.801. The van der Waals surface area contributed by atoms with Crippen molar-refractivity contribution in [3.63, 3.8) is 0 Å². The number of carbonyl (C=O) groups is 1. The first kappa shape index (κ1) is 19.9. The zero-order valence-corrected chi connectivity index (χ0v) is 15.6. The van der Waals surface area contributed by atoms with Crippen molar-refractivity contribution in [2.45, 2.75) is 18.7 Å². The number of carbonyl (C=O) groups excluding carboxylic acids is 1. The number of benzene rings is 2. The van der Waals surface area contributed by atoms with Crippen LogP contribution in [0.2, 0.25) is 0 Å². The molecule has 140 valence electrons. The highest BCUT2D eigenvalue weighted by molar-refractivity contribution is 7.89. The molecule has 6 nitrogen and oxygen atoms in total. The third-order valence-corrected chi connectivity index (χ3v) is 5.93. The van der Waals surface area contributed by atoms with Crippen molar-refractivity contribution in [3.8, 4) is 5.75 Å². The van der Waals surface area contributed by atoms with E-state index in [0.717, 1.165) is 16.4 Å². The molecule has 0 aliphatic rings. The van der Waals surface area contributed by atoms with Crippen LogP contribution in [-0.4, -0.2) is 38.8 Å². The lowest BCUT2D eigenvalue weighted by molar-refractivity contribution is 0.102. The first-order valence-electron chi connectivity index (χ1n) is 8.08. The number of methoxy groups -OCH3 is 1. The number of hydrogen-bond acceptors (Lipinski definition) is 4. The molecule has 2 rings (SSSR count). The van der Waals surface area contributed by atoms with Crippen LogP contribution >= 0.6 is 0 Å². The number of hydrogen-bond donors (Lipinski definition) is 1. The van der Waals surface area contributed by atoms with E-state index in [4.69, 9.17) is 4.74 Å². The van der Waals surface area contributed by atoms with Crippen LogP contribution in [0.25, 0.3) is 0 Å². The molecule has 0 saturated carbocycles. The van der Waals surface area contributed by atoms with Gasteiger partial charge >= 0.3 is 0 Å². The van der Waals surface area contributed by atoms with E-state index in [2.05, 4.69) is 5.32 Å². The lowest BCUT2D eigenvalue weighted by Gasteiger charge is -2.19. The molecule has 0 aromatic heterocycles. The molecule has 0 heterocycles. The van der Waals surface area contributed by atoms with Gasteiger partial charge in [-0.05, 0) is 42.5 Å². The smallest absolute Gasteiger partial charge is 0.255 e. The van der Waals surface area contributed by atoms with Crippen LogP contribution in [0.3, 0.4) is 0 Å². The fourth-order valence-corrected chi connectivity index (χ4v) is 3.97. The average Bonchev–Trinajstić information content (AvgIpc) is 2.63. The number of sulfonamides is 1. The number of halogens is 1. The van der Waals surface area contributed by atoms with Crippen molar-refractivity contribution in [2.75, 3.05) is 25.5 Å². The second-order valence-electron chi connectivity index (χ2n) is 5.42. The summed E-state index contributed by atoms with van der Waals surface area (Å²) >= 11 is 0. The summed E-state index contributed by atoms with van der Waals surface area (Å²) in [6, 6.07) is 9.94. The second-order valence-corrected chi connectivity index (χ2v) is 7.32. The van der Waals surface area contributed by atoms with Gasteiger partial charge in [0.05, 0.1) is 7.11 Å². The number of nitrogens with one attached hydrogen (secondary N) is 1. The molecule has 2 aromatic carbocycles. The zero-order valence-electron chi connectivity index (χ0n) is 14.8. The van der Waals surface area contributed by atoms with Gasteiger partial charge in [0.1, 0.15) is 16.5 Å². The van der Waals surface area contributed by atoms with Gasteiger partial charge in [-0.25, -0.2) is 12.8 Å². The van der Waals surface area contributed by atoms with Crippen molar-refractivity contribution >= 4 is 21.6 Å². The maximum Gasteiger partial charge on any atom is 0.255 e. The topological polar surface area (TPSA) is 75.7 Å². The fourth-order valence-electron chi connectivity index (χ4n) is 2.42. The Morgan fingerprint density at radius 3 is 2.27 bits per heavy atom. The second kappa shape index (κ2) is 8.29. The van der Waals surface area contributed by atoms with Gasteiger partial charge in [0.15, 0.2) is 0 Å². The van der Waals surface area contributed by atoms with Crippen molar-refractivity contribution in [3.05, 3.63) is 53.8 Å². The molecule has 0 aliphatic heterocycles. The molecule has 0 unspecified atom stereocenters. The van der Waals surface area contributed by atoms with Crippen LogP contribution in [0.4, 0.5) is 10.1 Å². The Hall–Kier alpha value is -2.45. The molecular formula is C18H21FN2O4S. The largest absolute Gasteiger partial charge is 0.497 e. The van der Waals surface area contributed by atoms with E-state index in [9.17, 15) is 17.6 Å². The molecular weight excluding hydrogens is 359 g/mol. The number of rotatable bonds is 7. The van der Waals surface area contributed by atoms with Crippen LogP contribution < -0.4 is 10.1 Å². The lowest BCUT2D eigenvalue weighted by Crippen LogP contribution is -2.31. The van der Waals surface area contributed by atoms with Crippen LogP contribution in [0, 0.1) is 5.82 Å². The van der Waals surface area contributed by atoms with Gasteiger partial charge in [-0.15, -0.1) is 0 Å². The highest BCUT2D eigenvalue weighted by atomic mass is 32.2. The Bertz CT molecular complexity index is 879. The molecule has 0 fully saturated rings. The van der Waals surface area contributed by atoms with Gasteiger partial charge in [-0.3, -0.25) is 4.79 Å². The van der Waals surface area contributed by atoms with E-state index >= 15 is 0 Å². The molecule has 0 aliphatic carbocycles. The maximum atomic E-state index is 14.1. The van der Waals surface area contributed by atoms with E-state index in [1.165, 1.54) is 13.2 Å². The summed E-state index contributed by atoms with van der Waals surface area (Å²) in [5, 5.41) is 2.64. The molecule has 0 radical (unpaired) electrons. The van der Waals surface area contributed by atoms with Gasteiger partial charge in [-0.1, -0.05) is 13.8 Å². The number of nitrogens with zero attached hydrogens (tertiary/aromatic N) is 1. The zero-order chi connectivity index (χ0) is 19.3. The third kappa shape index (κ3) is 4.20. The van der Waals surface area contributed by atoms with E-state index in [1.54, 1.807) is 38.1 Å². The van der Waals surface area contributed by atoms with Crippen LogP contribution in [-0.2, 0) is 10.0 Å². The molecule has 0 spiro atoms. The van der Waals surface area contributed by atoms with Crippen molar-refractivity contribution in [2.24, 2.45) is 0 Å². The Labute approximate surface area is 152 Å². The number of anilines is 1. The van der Waals surface area contributed by atoms with E-state index in [1.807, 2.05) is 0 Å². The lowest BCUT2D eigenvalue weighted by atomic mass is 10.2. The summed E-state index contributed by atoms with van der Waals surface area (Å²) in [5.74, 6) is -0.790. The summed E-state index contributed by atoms with van der Waals surface area (Å²) in [6.45, 7) is 3.75. The van der Waals surface area contributed by atoms with Gasteiger partial charge in [0, 0.05) is 24.3 Å². The van der Waals surface area contributed by atoms with Crippen molar-refractivity contribution < 1.29 is 22.3 Å². The van der Waals surface area contributed by atoms with Crippen LogP contribution in [0.5, 0.6) is 5.75 Å². The third-order valence-electron chi connectivity index (χ3n) is 3.86. The van der Waals surface area contributed by atoms with Crippen molar-refractivity contribution in [1.29, 1.82) is 0 Å². The highest BCUT2D eigenvalue weighted by Gasteiger charge is 2.26. The molecule has 0 atom stereocenters. The van der Waals surface area contributed by atoms with Gasteiger partial charge in [0.2, 0.25) is 10.0 Å². The molecule has 1 amide bonds. The van der Waals surface area contributed by atoms with Crippen molar-refractivity contribution in [1.82, 2.24) is 4.31 Å². The van der Waals surface area contributed by atoms with Gasteiger partial charge in [-0.2, -0.15) is 4.31 Å². The highest BCUT2D eigenvalue weighted by Crippen LogP contribution is 2.22. The summed E-state index contributed by atoms with van der Waals surface area (Å²) in [7, 11) is -2.48. The first-order valence-corrected chi connectivity index (χ1v) is 9.52. The standard InChI is InChI=1S/C18H21FN2O4S/c1-4-21(5-2)26(23,24)17-12-13(6-11-16(17)19)18(22)20-14-7-9-15(25-3)10-8-14/h6-12H,4-5H2,1-3H3,(H,20,22). The maximum absolute atomic E-state index is 14.1. The van der Waals surface area contributed by atoms with Crippen LogP contribution in [0.15, 0.2) is 47.4 Å². The minimum Gasteiger partial charge on any atom is -0.497 e. The normalized spacial score (nSPS) is 11.4. The van der Waals surface area contributed by atoms with E-state index < -0.39 is 26.6 Å². The SMILES string of the molecule is CCN(CC)S(=O)(=O)c1cc(C(=O)Nc2ccc(OC)cc2)ccc1F. The van der Waals surface area contributed by atoms with Crippen LogP contribution in [0.1, 0.15) is 24.2 Å². The summed E-state index contributed by atoms with van der Waals surface area (Å²) in [6.07, 6.45) is 0. The Morgan fingerprint density at radius 2 is 1.73 bits per heavy atom. The molecule has 0 bridgehead atoms. The Kier molecular flexibility index (Phi) is 6.33. The predicted molar refractivity (Wildman–Crippen MR) is 97.5 cm³/mol. The Balaban J connectivity index is 2.31. The first-order chi connectivity index (χ1) is 12.3. The summed E-state index contributed by atoms with van der Waals surface area (Å²) in [4.78, 5) is 11.9. The minimum absolute atomic E-state index is 0.0490. The summed E-state index contributed by atoms with van der Waals surface area (Å²) in [5.41, 5.74) is 0.557. The fraction of sp³-hybridized carbons (Fsp3) is 0.278.